The van der Waals surface area contributed by atoms with Crippen LogP contribution in [0.15, 0.2) is 119 Å². The first-order valence-electron chi connectivity index (χ1n) is 12.3. The summed E-state index contributed by atoms with van der Waals surface area (Å²) in [7, 11) is -1.75. The van der Waals surface area contributed by atoms with E-state index in [1.807, 2.05) is 79.8 Å². The zero-order valence-corrected chi connectivity index (χ0v) is 20.8. The fraction of sp³-hybridized carbons (Fsp3) is 0.0625. The summed E-state index contributed by atoms with van der Waals surface area (Å²) < 4.78 is 37.1. The number of aromatic nitrogens is 1. The van der Waals surface area contributed by atoms with Crippen molar-refractivity contribution in [1.29, 1.82) is 0 Å². The molecular formula is C32H21NO3S. The predicted octanol–water partition coefficient (Wildman–Crippen LogP) is 6.97. The molecule has 1 aromatic heterocycles. The Kier molecular flexibility index (Phi) is 3.88. The minimum Gasteiger partial charge on any atom is -0.457 e. The van der Waals surface area contributed by atoms with Crippen molar-refractivity contribution < 1.29 is 13.2 Å². The normalized spacial score (nSPS) is 16.0. The molecule has 2 aliphatic heterocycles. The molecule has 3 heterocycles. The molecule has 0 N–H and O–H groups in total. The molecule has 0 unspecified atom stereocenters. The maximum Gasteiger partial charge on any atom is 0.207 e. The summed E-state index contributed by atoms with van der Waals surface area (Å²) in [5.41, 5.74) is 4.51. The second kappa shape index (κ2) is 6.90. The maximum absolute atomic E-state index is 14.3. The van der Waals surface area contributed by atoms with Crippen LogP contribution in [0.4, 0.5) is 0 Å². The lowest BCUT2D eigenvalue weighted by Gasteiger charge is -2.45. The summed E-state index contributed by atoms with van der Waals surface area (Å²) in [5, 5.41) is 2.13. The zero-order valence-electron chi connectivity index (χ0n) is 20.0. The third-order valence-corrected chi connectivity index (χ3v) is 9.93. The smallest absolute Gasteiger partial charge is 0.207 e. The van der Waals surface area contributed by atoms with Crippen LogP contribution in [-0.4, -0.2) is 13.0 Å². The van der Waals surface area contributed by atoms with Crippen LogP contribution < -0.4 is 4.74 Å². The van der Waals surface area contributed by atoms with Crippen LogP contribution in [0.5, 0.6) is 11.5 Å². The van der Waals surface area contributed by atoms with Crippen LogP contribution in [0.2, 0.25) is 0 Å². The number of nitrogens with zero attached hydrogens (tertiary/aromatic N) is 1. The number of para-hydroxylation sites is 3. The van der Waals surface area contributed by atoms with Crippen molar-refractivity contribution in [3.8, 4) is 11.5 Å². The van der Waals surface area contributed by atoms with Gasteiger partial charge in [0.05, 0.1) is 20.7 Å². The van der Waals surface area contributed by atoms with E-state index < -0.39 is 15.3 Å². The Morgan fingerprint density at radius 3 is 1.95 bits per heavy atom. The fourth-order valence-corrected chi connectivity index (χ4v) is 8.43. The highest BCUT2D eigenvalue weighted by Gasteiger charge is 2.54. The van der Waals surface area contributed by atoms with E-state index in [2.05, 4.69) is 28.8 Å². The summed E-state index contributed by atoms with van der Waals surface area (Å²) >= 11 is 0. The van der Waals surface area contributed by atoms with E-state index >= 15 is 0 Å². The Morgan fingerprint density at radius 1 is 0.622 bits per heavy atom. The van der Waals surface area contributed by atoms with Crippen molar-refractivity contribution in [2.75, 3.05) is 0 Å². The number of hydrogen-bond donors (Lipinski definition) is 0. The molecule has 2 aliphatic rings. The van der Waals surface area contributed by atoms with Crippen LogP contribution >= 0.6 is 0 Å². The van der Waals surface area contributed by atoms with Gasteiger partial charge in [-0.1, -0.05) is 78.9 Å². The van der Waals surface area contributed by atoms with E-state index in [1.54, 1.807) is 12.1 Å². The zero-order chi connectivity index (χ0) is 24.9. The maximum atomic E-state index is 14.3. The molecule has 5 aromatic carbocycles. The number of rotatable bonds is 0. The van der Waals surface area contributed by atoms with Gasteiger partial charge in [-0.05, 0) is 35.9 Å². The molecule has 0 fully saturated rings. The molecular weight excluding hydrogens is 478 g/mol. The minimum absolute atomic E-state index is 0.340. The van der Waals surface area contributed by atoms with Crippen molar-refractivity contribution in [3.63, 3.8) is 0 Å². The van der Waals surface area contributed by atoms with Crippen LogP contribution in [-0.2, 0) is 22.3 Å². The number of sulfone groups is 1. The van der Waals surface area contributed by atoms with Gasteiger partial charge in [0.1, 0.15) is 11.5 Å². The average molecular weight is 500 g/mol. The van der Waals surface area contributed by atoms with Gasteiger partial charge in [-0.2, -0.15) is 0 Å². The molecule has 0 amide bonds. The number of aryl methyl sites for hydroxylation is 1. The average Bonchev–Trinajstić information content (AvgIpc) is 3.23. The van der Waals surface area contributed by atoms with Crippen LogP contribution in [0.1, 0.15) is 22.3 Å². The van der Waals surface area contributed by atoms with Gasteiger partial charge in [0, 0.05) is 40.0 Å². The lowest BCUT2D eigenvalue weighted by molar-refractivity contribution is 0.430. The third kappa shape index (κ3) is 2.36. The minimum atomic E-state index is -3.78. The highest BCUT2D eigenvalue weighted by molar-refractivity contribution is 7.91. The molecule has 0 aliphatic carbocycles. The first kappa shape index (κ1) is 20.8. The Balaban J connectivity index is 1.72. The van der Waals surface area contributed by atoms with Crippen molar-refractivity contribution >= 4 is 31.6 Å². The molecule has 8 rings (SSSR count). The molecule has 4 nitrogen and oxygen atoms in total. The number of fused-ring (bicyclic) bond motifs is 12. The second-order valence-electron chi connectivity index (χ2n) is 9.76. The van der Waals surface area contributed by atoms with Crippen LogP contribution in [0, 0.1) is 0 Å². The Bertz CT molecular complexity index is 2010. The van der Waals surface area contributed by atoms with E-state index in [1.165, 1.54) is 0 Å². The lowest BCUT2D eigenvalue weighted by atomic mass is 9.63. The Morgan fingerprint density at radius 2 is 1.22 bits per heavy atom. The third-order valence-electron chi connectivity index (χ3n) is 8.08. The van der Waals surface area contributed by atoms with E-state index in [0.29, 0.717) is 9.79 Å². The van der Waals surface area contributed by atoms with Crippen LogP contribution in [0.25, 0.3) is 21.8 Å². The van der Waals surface area contributed by atoms with E-state index in [0.717, 1.165) is 55.6 Å². The van der Waals surface area contributed by atoms with Crippen molar-refractivity contribution in [1.82, 2.24) is 4.57 Å². The molecule has 0 saturated heterocycles. The lowest BCUT2D eigenvalue weighted by Crippen LogP contribution is -2.40. The van der Waals surface area contributed by atoms with Gasteiger partial charge in [-0.3, -0.25) is 0 Å². The fourth-order valence-electron chi connectivity index (χ4n) is 6.66. The van der Waals surface area contributed by atoms with Crippen LogP contribution in [0.3, 0.4) is 0 Å². The number of benzene rings is 5. The van der Waals surface area contributed by atoms with Gasteiger partial charge in [0.2, 0.25) is 9.84 Å². The van der Waals surface area contributed by atoms with E-state index in [4.69, 9.17) is 4.74 Å². The summed E-state index contributed by atoms with van der Waals surface area (Å²) in [6.45, 7) is 0. The molecule has 0 bridgehead atoms. The molecule has 6 aromatic rings. The van der Waals surface area contributed by atoms with Gasteiger partial charge >= 0.3 is 0 Å². The monoisotopic (exact) mass is 499 g/mol. The summed E-state index contributed by atoms with van der Waals surface area (Å²) in [6, 6.07) is 35.5. The molecule has 0 atom stereocenters. The SMILES string of the molecule is Cn1c2ccccc2c2ccc3c(c21)C1(c2ccccc2Oc2ccccc21)c1ccccc1S3(=O)=O. The van der Waals surface area contributed by atoms with Gasteiger partial charge in [0.25, 0.3) is 0 Å². The Labute approximate surface area is 214 Å². The van der Waals surface area contributed by atoms with Crippen molar-refractivity contribution in [3.05, 3.63) is 131 Å². The molecule has 178 valence electrons. The van der Waals surface area contributed by atoms with Gasteiger partial charge in [-0.25, -0.2) is 8.42 Å². The molecule has 0 radical (unpaired) electrons. The van der Waals surface area contributed by atoms with Gasteiger partial charge in [-0.15, -0.1) is 0 Å². The highest BCUT2D eigenvalue weighted by Crippen LogP contribution is 2.61. The molecule has 37 heavy (non-hydrogen) atoms. The number of ether oxygens (including phenoxy) is 1. The largest absolute Gasteiger partial charge is 0.457 e. The number of hydrogen-bond acceptors (Lipinski definition) is 3. The summed E-state index contributed by atoms with van der Waals surface area (Å²) in [6.07, 6.45) is 0. The first-order chi connectivity index (χ1) is 18.0. The van der Waals surface area contributed by atoms with Crippen molar-refractivity contribution in [2.24, 2.45) is 7.05 Å². The Hall–Kier alpha value is -4.35. The van der Waals surface area contributed by atoms with Crippen molar-refractivity contribution in [2.45, 2.75) is 15.2 Å². The summed E-state index contributed by atoms with van der Waals surface area (Å²) in [4.78, 5) is 0.684. The quantitative estimate of drug-likeness (QED) is 0.226. The predicted molar refractivity (Wildman–Crippen MR) is 144 cm³/mol. The highest BCUT2D eigenvalue weighted by atomic mass is 32.2. The molecule has 0 saturated carbocycles. The van der Waals surface area contributed by atoms with E-state index in [-0.39, 0.29) is 0 Å². The topological polar surface area (TPSA) is 48.3 Å². The molecule has 5 heteroatoms. The first-order valence-corrected chi connectivity index (χ1v) is 13.7. The molecule has 1 spiro atoms. The van der Waals surface area contributed by atoms with Gasteiger partial charge < -0.3 is 9.30 Å². The standard InChI is InChI=1S/C32H21NO3S/c1-33-25-14-6-2-10-20(25)21-18-19-29-30(31(21)33)32(24-13-5-9-17-28(24)37(29,34)35)22-11-3-7-15-26(22)36-27-16-8-4-12-23(27)32/h2-19H,1H3. The second-order valence-corrected chi connectivity index (χ2v) is 11.6. The van der Waals surface area contributed by atoms with Gasteiger partial charge in [0.15, 0.2) is 0 Å². The van der Waals surface area contributed by atoms with E-state index in [9.17, 15) is 8.42 Å². The summed E-state index contributed by atoms with van der Waals surface area (Å²) in [5.74, 6) is 1.47.